The first-order valence-corrected chi connectivity index (χ1v) is 12.5. The van der Waals surface area contributed by atoms with Crippen molar-refractivity contribution in [3.8, 4) is 0 Å². The van der Waals surface area contributed by atoms with Crippen LogP contribution in [0, 0.1) is 40.4 Å². The normalized spacial score (nSPS) is 48.0. The van der Waals surface area contributed by atoms with Crippen LogP contribution in [0.2, 0.25) is 0 Å². The summed E-state index contributed by atoms with van der Waals surface area (Å²) in [7, 11) is 0. The standard InChI is InChI=1S/C25H45NO2/c1-24-13-11-23-21(22(24)9-7-18(24)5-3-4-15-27)8-6-19-17-20(28-16-14-26)10-12-25(19,23)2/h18-23,27H,3-17,26H2,1-2H3/t18-,19?,20+,21?,22?,23?,24+,25-/m0/s1. The van der Waals surface area contributed by atoms with E-state index in [0.717, 1.165) is 42.6 Å². The van der Waals surface area contributed by atoms with E-state index in [1.807, 2.05) is 0 Å². The first kappa shape index (κ1) is 21.1. The zero-order valence-corrected chi connectivity index (χ0v) is 18.5. The molecule has 0 heterocycles. The smallest absolute Gasteiger partial charge is 0.0592 e. The Balaban J connectivity index is 1.43. The van der Waals surface area contributed by atoms with Crippen LogP contribution in [0.3, 0.4) is 0 Å². The maximum atomic E-state index is 9.18. The van der Waals surface area contributed by atoms with Gasteiger partial charge in [0.05, 0.1) is 12.7 Å². The average molecular weight is 392 g/mol. The van der Waals surface area contributed by atoms with Crippen LogP contribution in [0.25, 0.3) is 0 Å². The van der Waals surface area contributed by atoms with Crippen LogP contribution in [0.4, 0.5) is 0 Å². The molecule has 0 aliphatic heterocycles. The van der Waals surface area contributed by atoms with Crippen molar-refractivity contribution in [2.45, 2.75) is 97.0 Å². The molecule has 4 rings (SSSR count). The van der Waals surface area contributed by atoms with Crippen molar-refractivity contribution in [1.29, 1.82) is 0 Å². The quantitative estimate of drug-likeness (QED) is 0.590. The van der Waals surface area contributed by atoms with Gasteiger partial charge in [0.1, 0.15) is 0 Å². The molecule has 3 heteroatoms. The van der Waals surface area contributed by atoms with Crippen LogP contribution in [0.5, 0.6) is 0 Å². The lowest BCUT2D eigenvalue weighted by atomic mass is 9.44. The van der Waals surface area contributed by atoms with E-state index in [4.69, 9.17) is 10.5 Å². The van der Waals surface area contributed by atoms with E-state index >= 15 is 0 Å². The number of fused-ring (bicyclic) bond motifs is 5. The highest BCUT2D eigenvalue weighted by Gasteiger charge is 2.59. The van der Waals surface area contributed by atoms with Crippen LogP contribution < -0.4 is 5.73 Å². The number of unbranched alkanes of at least 4 members (excludes halogenated alkanes) is 1. The van der Waals surface area contributed by atoms with Gasteiger partial charge in [-0.3, -0.25) is 0 Å². The molecule has 0 saturated heterocycles. The van der Waals surface area contributed by atoms with Gasteiger partial charge in [0.2, 0.25) is 0 Å². The van der Waals surface area contributed by atoms with Crippen molar-refractivity contribution in [3.63, 3.8) is 0 Å². The van der Waals surface area contributed by atoms with Crippen LogP contribution in [-0.2, 0) is 4.74 Å². The Hall–Kier alpha value is -0.120. The number of aliphatic hydroxyl groups excluding tert-OH is 1. The number of hydrogen-bond donors (Lipinski definition) is 2. The summed E-state index contributed by atoms with van der Waals surface area (Å²) < 4.78 is 6.07. The number of ether oxygens (including phenoxy) is 1. The van der Waals surface area contributed by atoms with E-state index < -0.39 is 0 Å². The minimum absolute atomic E-state index is 0.368. The molecule has 4 saturated carbocycles. The molecule has 28 heavy (non-hydrogen) atoms. The SMILES string of the molecule is C[C@]12CC[C@@H](OCCN)CC1CCC1C2CC[C@@]2(C)C1CC[C@@H]2CCCCO. The molecule has 4 unspecified atom stereocenters. The summed E-state index contributed by atoms with van der Waals surface area (Å²) in [4.78, 5) is 0. The zero-order valence-electron chi connectivity index (χ0n) is 18.5. The van der Waals surface area contributed by atoms with Crippen molar-refractivity contribution in [3.05, 3.63) is 0 Å². The summed E-state index contributed by atoms with van der Waals surface area (Å²) >= 11 is 0. The molecule has 0 radical (unpaired) electrons. The monoisotopic (exact) mass is 391 g/mol. The van der Waals surface area contributed by atoms with Gasteiger partial charge in [-0.25, -0.2) is 0 Å². The lowest BCUT2D eigenvalue weighted by Gasteiger charge is -2.61. The molecule has 0 aromatic rings. The van der Waals surface area contributed by atoms with Crippen LogP contribution in [0.1, 0.15) is 90.9 Å². The van der Waals surface area contributed by atoms with E-state index in [9.17, 15) is 5.11 Å². The molecular weight excluding hydrogens is 346 g/mol. The van der Waals surface area contributed by atoms with Gasteiger partial charge in [-0.2, -0.15) is 0 Å². The molecular formula is C25H45NO2. The molecule has 0 aromatic carbocycles. The summed E-state index contributed by atoms with van der Waals surface area (Å²) in [5.41, 5.74) is 6.81. The minimum Gasteiger partial charge on any atom is -0.396 e. The van der Waals surface area contributed by atoms with Crippen molar-refractivity contribution in [1.82, 2.24) is 0 Å². The van der Waals surface area contributed by atoms with Gasteiger partial charge in [-0.1, -0.05) is 20.3 Å². The van der Waals surface area contributed by atoms with Gasteiger partial charge >= 0.3 is 0 Å². The third kappa shape index (κ3) is 3.58. The third-order valence-corrected chi connectivity index (χ3v) is 10.2. The second-order valence-electron chi connectivity index (χ2n) is 11.3. The van der Waals surface area contributed by atoms with E-state index in [1.54, 1.807) is 0 Å². The molecule has 0 aromatic heterocycles. The fraction of sp³-hybridized carbons (Fsp3) is 1.00. The third-order valence-electron chi connectivity index (χ3n) is 10.2. The van der Waals surface area contributed by atoms with Gasteiger partial charge < -0.3 is 15.6 Å². The predicted molar refractivity (Wildman–Crippen MR) is 115 cm³/mol. The van der Waals surface area contributed by atoms with Crippen molar-refractivity contribution < 1.29 is 9.84 Å². The number of aliphatic hydroxyl groups is 1. The Kier molecular flexibility index (Phi) is 6.45. The zero-order chi connectivity index (χ0) is 19.8. The van der Waals surface area contributed by atoms with Gasteiger partial charge in [-0.05, 0) is 111 Å². The van der Waals surface area contributed by atoms with Crippen molar-refractivity contribution in [2.75, 3.05) is 19.8 Å². The molecule has 8 atom stereocenters. The maximum absolute atomic E-state index is 9.18. The Bertz CT molecular complexity index is 525. The highest BCUT2D eigenvalue weighted by molar-refractivity contribution is 5.09. The second kappa shape index (κ2) is 8.55. The maximum Gasteiger partial charge on any atom is 0.0592 e. The highest BCUT2D eigenvalue weighted by Crippen LogP contribution is 2.68. The molecule has 162 valence electrons. The first-order valence-electron chi connectivity index (χ1n) is 12.5. The van der Waals surface area contributed by atoms with E-state index in [1.165, 1.54) is 70.6 Å². The first-order chi connectivity index (χ1) is 13.5. The fourth-order valence-corrected chi connectivity index (χ4v) is 8.69. The molecule has 0 spiro atoms. The number of rotatable bonds is 7. The lowest BCUT2D eigenvalue weighted by molar-refractivity contribution is -0.134. The van der Waals surface area contributed by atoms with Crippen molar-refractivity contribution >= 4 is 0 Å². The van der Waals surface area contributed by atoms with Crippen LogP contribution in [0.15, 0.2) is 0 Å². The molecule has 3 N–H and O–H groups in total. The molecule has 0 amide bonds. The topological polar surface area (TPSA) is 55.5 Å². The van der Waals surface area contributed by atoms with E-state index in [-0.39, 0.29) is 0 Å². The summed E-state index contributed by atoms with van der Waals surface area (Å²) in [5.74, 6) is 4.68. The van der Waals surface area contributed by atoms with Crippen molar-refractivity contribution in [2.24, 2.45) is 46.2 Å². The van der Waals surface area contributed by atoms with Crippen LogP contribution in [-0.4, -0.2) is 31.0 Å². The van der Waals surface area contributed by atoms with Gasteiger partial charge in [0, 0.05) is 13.2 Å². The molecule has 3 nitrogen and oxygen atoms in total. The molecule has 0 bridgehead atoms. The number of hydrogen-bond acceptors (Lipinski definition) is 3. The Morgan fingerprint density at radius 2 is 1.71 bits per heavy atom. The van der Waals surface area contributed by atoms with Gasteiger partial charge in [0.15, 0.2) is 0 Å². The highest BCUT2D eigenvalue weighted by atomic mass is 16.5. The second-order valence-corrected chi connectivity index (χ2v) is 11.3. The van der Waals surface area contributed by atoms with Gasteiger partial charge in [-0.15, -0.1) is 0 Å². The Labute approximate surface area is 173 Å². The van der Waals surface area contributed by atoms with E-state index in [0.29, 0.717) is 30.1 Å². The van der Waals surface area contributed by atoms with Crippen LogP contribution >= 0.6 is 0 Å². The Morgan fingerprint density at radius 3 is 2.50 bits per heavy atom. The lowest BCUT2D eigenvalue weighted by Crippen LogP contribution is -2.54. The molecule has 4 aliphatic carbocycles. The summed E-state index contributed by atoms with van der Waals surface area (Å²) in [6.45, 7) is 7.06. The minimum atomic E-state index is 0.368. The predicted octanol–water partition coefficient (Wildman–Crippen LogP) is 5.15. The Morgan fingerprint density at radius 1 is 0.929 bits per heavy atom. The largest absolute Gasteiger partial charge is 0.396 e. The fourth-order valence-electron chi connectivity index (χ4n) is 8.69. The molecule has 4 aliphatic rings. The summed E-state index contributed by atoms with van der Waals surface area (Å²) in [5, 5.41) is 9.18. The van der Waals surface area contributed by atoms with Gasteiger partial charge in [0.25, 0.3) is 0 Å². The van der Waals surface area contributed by atoms with E-state index in [2.05, 4.69) is 13.8 Å². The summed E-state index contributed by atoms with van der Waals surface area (Å²) in [6.07, 6.45) is 16.7. The summed E-state index contributed by atoms with van der Waals surface area (Å²) in [6, 6.07) is 0. The average Bonchev–Trinajstić information content (AvgIpc) is 3.03. The number of nitrogens with two attached hydrogens (primary N) is 1. The molecule has 4 fully saturated rings.